The van der Waals surface area contributed by atoms with Crippen LogP contribution in [-0.4, -0.2) is 37.6 Å². The van der Waals surface area contributed by atoms with E-state index in [1.807, 2.05) is 19.0 Å². The van der Waals surface area contributed by atoms with E-state index in [1.165, 1.54) is 0 Å². The Labute approximate surface area is 68.3 Å². The van der Waals surface area contributed by atoms with Crippen LogP contribution in [0.4, 0.5) is 0 Å². The number of nitrogens with zero attached hydrogens (tertiary/aromatic N) is 1. The lowest BCUT2D eigenvalue weighted by Crippen LogP contribution is -2.43. The Morgan fingerprint density at radius 2 is 1.55 bits per heavy atom. The average Bonchev–Trinajstić information content (AvgIpc) is 1.85. The summed E-state index contributed by atoms with van der Waals surface area (Å²) in [5.41, 5.74) is 0. The highest BCUT2D eigenvalue weighted by atomic mass is 16.7. The largest absolute Gasteiger partial charge is 0.337 e. The topological polar surface area (TPSA) is 21.7 Å². The fourth-order valence-corrected chi connectivity index (χ4v) is 1.25. The molecule has 66 valence electrons. The third-order valence-corrected chi connectivity index (χ3v) is 1.78. The van der Waals surface area contributed by atoms with Crippen LogP contribution in [0, 0.1) is 0 Å². The summed E-state index contributed by atoms with van der Waals surface area (Å²) >= 11 is 0. The van der Waals surface area contributed by atoms with Gasteiger partial charge in [0.2, 0.25) is 6.41 Å². The maximum atomic E-state index is 5.52. The minimum atomic E-state index is -0.159. The lowest BCUT2D eigenvalue weighted by molar-refractivity contribution is -0.285. The van der Waals surface area contributed by atoms with Crippen molar-refractivity contribution in [1.29, 1.82) is 0 Å². The van der Waals surface area contributed by atoms with Crippen molar-refractivity contribution in [2.45, 2.75) is 38.9 Å². The molecule has 0 N–H and O–H groups in total. The molecule has 0 aromatic heterocycles. The zero-order valence-electron chi connectivity index (χ0n) is 7.70. The predicted octanol–water partition coefficient (Wildman–Crippen LogP) is 1.05. The summed E-state index contributed by atoms with van der Waals surface area (Å²) < 4.78 is 11.0. The highest BCUT2D eigenvalue weighted by Gasteiger charge is 2.25. The van der Waals surface area contributed by atoms with Crippen LogP contribution in [0.1, 0.15) is 20.3 Å². The summed E-state index contributed by atoms with van der Waals surface area (Å²) in [6, 6.07) is 0. The molecule has 0 aromatic rings. The summed E-state index contributed by atoms with van der Waals surface area (Å²) in [5, 5.41) is 0. The molecule has 1 rings (SSSR count). The fourth-order valence-electron chi connectivity index (χ4n) is 1.25. The Bertz CT molecular complexity index is 117. The first-order valence-electron chi connectivity index (χ1n) is 4.07. The van der Waals surface area contributed by atoms with Crippen LogP contribution in [0.5, 0.6) is 0 Å². The Balaban J connectivity index is 2.43. The third kappa shape index (κ3) is 2.43. The Morgan fingerprint density at radius 3 is 1.91 bits per heavy atom. The van der Waals surface area contributed by atoms with Gasteiger partial charge in [-0.2, -0.15) is 0 Å². The van der Waals surface area contributed by atoms with E-state index in [1.54, 1.807) is 0 Å². The van der Waals surface area contributed by atoms with E-state index in [4.69, 9.17) is 9.47 Å². The number of rotatable bonds is 1. The zero-order chi connectivity index (χ0) is 8.43. The van der Waals surface area contributed by atoms with E-state index in [9.17, 15) is 0 Å². The molecule has 0 bridgehead atoms. The summed E-state index contributed by atoms with van der Waals surface area (Å²) in [7, 11) is 3.91. The summed E-state index contributed by atoms with van der Waals surface area (Å²) in [4.78, 5) is 1.94. The van der Waals surface area contributed by atoms with Gasteiger partial charge in [-0.25, -0.2) is 0 Å². The van der Waals surface area contributed by atoms with Crippen molar-refractivity contribution in [1.82, 2.24) is 4.90 Å². The molecule has 0 radical (unpaired) electrons. The van der Waals surface area contributed by atoms with E-state index in [-0.39, 0.29) is 6.41 Å². The van der Waals surface area contributed by atoms with Gasteiger partial charge in [-0.1, -0.05) is 0 Å². The Kier molecular flexibility index (Phi) is 2.87. The Hall–Kier alpha value is -0.120. The van der Waals surface area contributed by atoms with Gasteiger partial charge in [0.25, 0.3) is 0 Å². The van der Waals surface area contributed by atoms with Crippen LogP contribution in [0.15, 0.2) is 0 Å². The van der Waals surface area contributed by atoms with Gasteiger partial charge < -0.3 is 9.47 Å². The highest BCUT2D eigenvalue weighted by molar-refractivity contribution is 4.64. The molecular weight excluding hydrogens is 142 g/mol. The van der Waals surface area contributed by atoms with Gasteiger partial charge in [0, 0.05) is 0 Å². The van der Waals surface area contributed by atoms with Gasteiger partial charge in [0.15, 0.2) is 0 Å². The molecule has 1 saturated heterocycles. The van der Waals surface area contributed by atoms with Crippen molar-refractivity contribution in [3.63, 3.8) is 0 Å². The standard InChI is InChI=1S/C8H17NO2/c1-6-5-7(2)11-8(10-6)9(3)4/h6-8H,5H2,1-4H3/t6-,7+,8?. The first-order chi connectivity index (χ1) is 5.09. The molecule has 0 amide bonds. The molecule has 3 nitrogen and oxygen atoms in total. The zero-order valence-corrected chi connectivity index (χ0v) is 7.70. The van der Waals surface area contributed by atoms with Crippen molar-refractivity contribution in [2.24, 2.45) is 0 Å². The number of hydrogen-bond donors (Lipinski definition) is 0. The van der Waals surface area contributed by atoms with Gasteiger partial charge in [0.1, 0.15) is 0 Å². The molecule has 1 fully saturated rings. The Morgan fingerprint density at radius 1 is 1.09 bits per heavy atom. The molecule has 3 atom stereocenters. The van der Waals surface area contributed by atoms with Crippen molar-refractivity contribution in [3.8, 4) is 0 Å². The highest BCUT2D eigenvalue weighted by Crippen LogP contribution is 2.18. The van der Waals surface area contributed by atoms with Gasteiger partial charge >= 0.3 is 0 Å². The molecule has 0 aliphatic carbocycles. The van der Waals surface area contributed by atoms with Crippen molar-refractivity contribution in [3.05, 3.63) is 0 Å². The molecule has 0 aromatic carbocycles. The van der Waals surface area contributed by atoms with E-state index in [0.29, 0.717) is 12.2 Å². The molecule has 1 aliphatic heterocycles. The minimum Gasteiger partial charge on any atom is -0.337 e. The molecule has 3 heteroatoms. The molecule has 1 aliphatic rings. The van der Waals surface area contributed by atoms with E-state index < -0.39 is 0 Å². The lowest BCUT2D eigenvalue weighted by Gasteiger charge is -2.35. The van der Waals surface area contributed by atoms with Crippen LogP contribution in [-0.2, 0) is 9.47 Å². The van der Waals surface area contributed by atoms with E-state index in [0.717, 1.165) is 6.42 Å². The summed E-state index contributed by atoms with van der Waals surface area (Å²) in [6.45, 7) is 4.16. The van der Waals surface area contributed by atoms with E-state index in [2.05, 4.69) is 13.8 Å². The molecule has 1 unspecified atom stereocenters. The van der Waals surface area contributed by atoms with E-state index >= 15 is 0 Å². The second-order valence-corrected chi connectivity index (χ2v) is 3.40. The maximum Gasteiger partial charge on any atom is 0.218 e. The van der Waals surface area contributed by atoms with Crippen LogP contribution in [0.2, 0.25) is 0 Å². The van der Waals surface area contributed by atoms with Crippen LogP contribution in [0.25, 0.3) is 0 Å². The minimum absolute atomic E-state index is 0.159. The van der Waals surface area contributed by atoms with Gasteiger partial charge in [-0.15, -0.1) is 0 Å². The monoisotopic (exact) mass is 159 g/mol. The number of ether oxygens (including phenoxy) is 2. The summed E-state index contributed by atoms with van der Waals surface area (Å²) in [5.74, 6) is 0. The van der Waals surface area contributed by atoms with Crippen molar-refractivity contribution in [2.75, 3.05) is 14.1 Å². The van der Waals surface area contributed by atoms with Gasteiger partial charge in [-0.3, -0.25) is 4.90 Å². The smallest absolute Gasteiger partial charge is 0.218 e. The molecule has 1 heterocycles. The van der Waals surface area contributed by atoms with Crippen LogP contribution in [0.3, 0.4) is 0 Å². The number of hydrogen-bond acceptors (Lipinski definition) is 3. The SMILES string of the molecule is C[C@@H]1C[C@H](C)OC(N(C)C)O1. The van der Waals surface area contributed by atoms with Crippen LogP contribution < -0.4 is 0 Å². The molecule has 11 heavy (non-hydrogen) atoms. The van der Waals surface area contributed by atoms with Crippen molar-refractivity contribution < 1.29 is 9.47 Å². The molecule has 0 spiro atoms. The summed E-state index contributed by atoms with van der Waals surface area (Å²) in [6.07, 6.45) is 1.45. The third-order valence-electron chi connectivity index (χ3n) is 1.78. The van der Waals surface area contributed by atoms with Crippen LogP contribution >= 0.6 is 0 Å². The maximum absolute atomic E-state index is 5.52. The second-order valence-electron chi connectivity index (χ2n) is 3.40. The first kappa shape index (κ1) is 8.97. The first-order valence-corrected chi connectivity index (χ1v) is 4.07. The fraction of sp³-hybridized carbons (Fsp3) is 1.00. The molecular formula is C8H17NO2. The molecule has 0 saturated carbocycles. The second kappa shape index (κ2) is 3.52. The van der Waals surface area contributed by atoms with Crippen molar-refractivity contribution >= 4 is 0 Å². The average molecular weight is 159 g/mol. The lowest BCUT2D eigenvalue weighted by atomic mass is 10.2. The normalized spacial score (nSPS) is 39.5. The van der Waals surface area contributed by atoms with Gasteiger partial charge in [0.05, 0.1) is 12.2 Å². The quantitative estimate of drug-likeness (QED) is 0.570. The van der Waals surface area contributed by atoms with Gasteiger partial charge in [-0.05, 0) is 34.4 Å². The predicted molar refractivity (Wildman–Crippen MR) is 43.2 cm³/mol.